The molecule has 0 saturated heterocycles. The van der Waals surface area contributed by atoms with E-state index in [9.17, 15) is 4.79 Å². The SMILES string of the molecule is CC1CC(Nc2ccc(CC(=O)O)cc2)c2ccccc2N1C. The Hall–Kier alpha value is -2.49. The molecule has 0 saturated carbocycles. The molecule has 2 unspecified atom stereocenters. The number of anilines is 2. The molecule has 2 aromatic rings. The Morgan fingerprint density at radius 2 is 1.91 bits per heavy atom. The van der Waals surface area contributed by atoms with Crippen molar-refractivity contribution in [1.82, 2.24) is 0 Å². The van der Waals surface area contributed by atoms with Gasteiger partial charge in [-0.05, 0) is 42.7 Å². The van der Waals surface area contributed by atoms with Gasteiger partial charge in [-0.25, -0.2) is 0 Å². The molecule has 0 spiro atoms. The van der Waals surface area contributed by atoms with Gasteiger partial charge in [0.2, 0.25) is 0 Å². The van der Waals surface area contributed by atoms with Crippen LogP contribution in [0.3, 0.4) is 0 Å². The summed E-state index contributed by atoms with van der Waals surface area (Å²) in [6, 6.07) is 16.9. The molecule has 0 bridgehead atoms. The molecule has 0 aromatic heterocycles. The lowest BCUT2D eigenvalue weighted by Crippen LogP contribution is -2.37. The molecule has 4 heteroatoms. The summed E-state index contributed by atoms with van der Waals surface area (Å²) in [5.74, 6) is -0.802. The molecule has 0 radical (unpaired) electrons. The van der Waals surface area contributed by atoms with Crippen molar-refractivity contribution in [2.75, 3.05) is 17.3 Å². The smallest absolute Gasteiger partial charge is 0.307 e. The molecule has 120 valence electrons. The molecule has 1 aliphatic heterocycles. The number of nitrogens with one attached hydrogen (secondary N) is 1. The highest BCUT2D eigenvalue weighted by atomic mass is 16.4. The first-order chi connectivity index (χ1) is 11.0. The second-order valence-corrected chi connectivity index (χ2v) is 6.22. The van der Waals surface area contributed by atoms with Gasteiger partial charge in [0.15, 0.2) is 0 Å². The van der Waals surface area contributed by atoms with Gasteiger partial charge in [0.1, 0.15) is 0 Å². The van der Waals surface area contributed by atoms with Gasteiger partial charge in [-0.15, -0.1) is 0 Å². The maximum absolute atomic E-state index is 10.8. The fourth-order valence-corrected chi connectivity index (χ4v) is 3.20. The number of para-hydroxylation sites is 1. The number of rotatable bonds is 4. The third-order valence-electron chi connectivity index (χ3n) is 4.58. The lowest BCUT2D eigenvalue weighted by molar-refractivity contribution is -0.136. The molecule has 1 aliphatic rings. The second kappa shape index (κ2) is 6.32. The standard InChI is InChI=1S/C19H22N2O2/c1-13-11-17(16-5-3-4-6-18(16)21(13)2)20-15-9-7-14(8-10-15)12-19(22)23/h3-10,13,17,20H,11-12H2,1-2H3,(H,22,23). The summed E-state index contributed by atoms with van der Waals surface area (Å²) in [5.41, 5.74) is 4.42. The van der Waals surface area contributed by atoms with Crippen LogP contribution in [0.1, 0.15) is 30.5 Å². The van der Waals surface area contributed by atoms with Crippen molar-refractivity contribution in [2.45, 2.75) is 31.8 Å². The normalized spacial score (nSPS) is 20.0. The minimum absolute atomic E-state index is 0.0639. The van der Waals surface area contributed by atoms with Gasteiger partial charge in [0.25, 0.3) is 0 Å². The van der Waals surface area contributed by atoms with Gasteiger partial charge in [-0.2, -0.15) is 0 Å². The Balaban J connectivity index is 1.80. The van der Waals surface area contributed by atoms with E-state index in [-0.39, 0.29) is 12.5 Å². The van der Waals surface area contributed by atoms with Crippen LogP contribution in [-0.4, -0.2) is 24.2 Å². The van der Waals surface area contributed by atoms with Crippen LogP contribution in [0.5, 0.6) is 0 Å². The first-order valence-corrected chi connectivity index (χ1v) is 7.93. The molecule has 2 aromatic carbocycles. The fraction of sp³-hybridized carbons (Fsp3) is 0.316. The Kier molecular flexibility index (Phi) is 4.24. The Morgan fingerprint density at radius 3 is 2.61 bits per heavy atom. The van der Waals surface area contributed by atoms with E-state index >= 15 is 0 Å². The van der Waals surface area contributed by atoms with Crippen LogP contribution in [0.2, 0.25) is 0 Å². The van der Waals surface area contributed by atoms with Crippen molar-refractivity contribution in [3.05, 3.63) is 59.7 Å². The molecular weight excluding hydrogens is 288 g/mol. The highest BCUT2D eigenvalue weighted by Crippen LogP contribution is 2.37. The van der Waals surface area contributed by atoms with Crippen LogP contribution in [0.25, 0.3) is 0 Å². The second-order valence-electron chi connectivity index (χ2n) is 6.22. The molecule has 1 heterocycles. The van der Waals surface area contributed by atoms with Crippen LogP contribution in [0.4, 0.5) is 11.4 Å². The average Bonchev–Trinajstić information content (AvgIpc) is 2.54. The average molecular weight is 310 g/mol. The molecule has 3 rings (SSSR count). The highest BCUT2D eigenvalue weighted by molar-refractivity contribution is 5.70. The fourth-order valence-electron chi connectivity index (χ4n) is 3.20. The zero-order valence-corrected chi connectivity index (χ0v) is 13.5. The number of carboxylic acid groups (broad SMARTS) is 1. The van der Waals surface area contributed by atoms with E-state index in [0.717, 1.165) is 17.7 Å². The maximum Gasteiger partial charge on any atom is 0.307 e. The van der Waals surface area contributed by atoms with Crippen molar-refractivity contribution < 1.29 is 9.90 Å². The van der Waals surface area contributed by atoms with E-state index in [1.54, 1.807) is 0 Å². The molecule has 0 amide bonds. The first kappa shape index (κ1) is 15.4. The predicted octanol–water partition coefficient (Wildman–Crippen LogP) is 3.70. The zero-order chi connectivity index (χ0) is 16.4. The van der Waals surface area contributed by atoms with Crippen LogP contribution in [0, 0.1) is 0 Å². The maximum atomic E-state index is 10.8. The van der Waals surface area contributed by atoms with E-state index < -0.39 is 5.97 Å². The number of hydrogen-bond acceptors (Lipinski definition) is 3. The zero-order valence-electron chi connectivity index (χ0n) is 13.5. The monoisotopic (exact) mass is 310 g/mol. The summed E-state index contributed by atoms with van der Waals surface area (Å²) in [6.07, 6.45) is 1.10. The van der Waals surface area contributed by atoms with Crippen molar-refractivity contribution in [2.24, 2.45) is 0 Å². The predicted molar refractivity (Wildman–Crippen MR) is 93.1 cm³/mol. The topological polar surface area (TPSA) is 52.6 Å². The Labute approximate surface area is 136 Å². The highest BCUT2D eigenvalue weighted by Gasteiger charge is 2.27. The van der Waals surface area contributed by atoms with Crippen molar-refractivity contribution in [3.8, 4) is 0 Å². The van der Waals surface area contributed by atoms with Crippen LogP contribution in [-0.2, 0) is 11.2 Å². The number of carbonyl (C=O) groups is 1. The molecule has 2 N–H and O–H groups in total. The first-order valence-electron chi connectivity index (χ1n) is 7.93. The third-order valence-corrected chi connectivity index (χ3v) is 4.58. The van der Waals surface area contributed by atoms with E-state index in [0.29, 0.717) is 6.04 Å². The summed E-state index contributed by atoms with van der Waals surface area (Å²) in [4.78, 5) is 13.1. The third kappa shape index (κ3) is 3.31. The number of nitrogens with zero attached hydrogens (tertiary/aromatic N) is 1. The molecule has 23 heavy (non-hydrogen) atoms. The number of hydrogen-bond donors (Lipinski definition) is 2. The molecule has 0 aliphatic carbocycles. The van der Waals surface area contributed by atoms with Crippen molar-refractivity contribution in [3.63, 3.8) is 0 Å². The molecular formula is C19H22N2O2. The summed E-state index contributed by atoms with van der Waals surface area (Å²) >= 11 is 0. The Bertz CT molecular complexity index is 697. The van der Waals surface area contributed by atoms with E-state index in [1.807, 2.05) is 24.3 Å². The number of benzene rings is 2. The summed E-state index contributed by atoms with van der Waals surface area (Å²) in [5, 5.41) is 12.4. The summed E-state index contributed by atoms with van der Waals surface area (Å²) in [6.45, 7) is 2.24. The minimum Gasteiger partial charge on any atom is -0.481 e. The summed E-state index contributed by atoms with van der Waals surface area (Å²) in [7, 11) is 2.14. The van der Waals surface area contributed by atoms with Gasteiger partial charge in [0.05, 0.1) is 12.5 Å². The molecule has 4 nitrogen and oxygen atoms in total. The van der Waals surface area contributed by atoms with Crippen LogP contribution in [0.15, 0.2) is 48.5 Å². The minimum atomic E-state index is -0.802. The van der Waals surface area contributed by atoms with Gasteiger partial charge in [-0.3, -0.25) is 4.79 Å². The Morgan fingerprint density at radius 1 is 1.22 bits per heavy atom. The summed E-state index contributed by atoms with van der Waals surface area (Å²) < 4.78 is 0. The van der Waals surface area contributed by atoms with Gasteiger partial charge in [0, 0.05) is 24.5 Å². The molecule has 0 fully saturated rings. The largest absolute Gasteiger partial charge is 0.481 e. The van der Waals surface area contributed by atoms with Gasteiger partial charge in [-0.1, -0.05) is 30.3 Å². The molecule has 2 atom stereocenters. The van der Waals surface area contributed by atoms with E-state index in [4.69, 9.17) is 5.11 Å². The van der Waals surface area contributed by atoms with E-state index in [1.165, 1.54) is 11.3 Å². The quantitative estimate of drug-likeness (QED) is 0.904. The lowest BCUT2D eigenvalue weighted by atomic mass is 9.92. The number of aliphatic carboxylic acids is 1. The number of fused-ring (bicyclic) bond motifs is 1. The van der Waals surface area contributed by atoms with Crippen LogP contribution >= 0.6 is 0 Å². The van der Waals surface area contributed by atoms with E-state index in [2.05, 4.69) is 48.5 Å². The van der Waals surface area contributed by atoms with Crippen LogP contribution < -0.4 is 10.2 Å². The number of carboxylic acids is 1. The van der Waals surface area contributed by atoms with Crippen molar-refractivity contribution in [1.29, 1.82) is 0 Å². The van der Waals surface area contributed by atoms with Gasteiger partial charge >= 0.3 is 5.97 Å². The lowest BCUT2D eigenvalue weighted by Gasteiger charge is -2.39. The van der Waals surface area contributed by atoms with Crippen molar-refractivity contribution >= 4 is 17.3 Å². The van der Waals surface area contributed by atoms with Gasteiger partial charge < -0.3 is 15.3 Å².